The Hall–Kier alpha value is -2.29. The van der Waals surface area contributed by atoms with Crippen LogP contribution >= 0.6 is 0 Å². The number of carbonyl (C=O) groups excluding carboxylic acids is 1. The van der Waals surface area contributed by atoms with Crippen LogP contribution in [0.2, 0.25) is 0 Å². The van der Waals surface area contributed by atoms with E-state index in [1.807, 2.05) is 13.8 Å². The molecule has 0 bridgehead atoms. The van der Waals surface area contributed by atoms with Crippen molar-refractivity contribution in [2.45, 2.75) is 24.8 Å². The van der Waals surface area contributed by atoms with Crippen LogP contribution < -0.4 is 5.32 Å². The molecule has 1 atom stereocenters. The molecular formula is C21H26FN3O3S. The first-order valence-corrected chi connectivity index (χ1v) is 11.0. The molecule has 0 saturated carbocycles. The third-order valence-corrected chi connectivity index (χ3v) is 7.07. The molecule has 1 aliphatic rings. The maximum absolute atomic E-state index is 13.3. The summed E-state index contributed by atoms with van der Waals surface area (Å²) in [7, 11) is -3.55. The second kappa shape index (κ2) is 9.02. The lowest BCUT2D eigenvalue weighted by atomic mass is 10.1. The minimum Gasteiger partial charge on any atom is -0.339 e. The Balaban J connectivity index is 1.52. The number of hydrogen-bond donors (Lipinski definition) is 1. The monoisotopic (exact) mass is 419 g/mol. The lowest BCUT2D eigenvalue weighted by Crippen LogP contribution is -2.52. The van der Waals surface area contributed by atoms with E-state index in [1.54, 1.807) is 41.3 Å². The number of rotatable bonds is 6. The summed E-state index contributed by atoms with van der Waals surface area (Å²) < 4.78 is 40.3. The Labute approximate surface area is 171 Å². The lowest BCUT2D eigenvalue weighted by Gasteiger charge is -2.34. The fourth-order valence-electron chi connectivity index (χ4n) is 3.28. The smallest absolute Gasteiger partial charge is 0.243 e. The maximum Gasteiger partial charge on any atom is 0.243 e. The molecule has 29 heavy (non-hydrogen) atoms. The van der Waals surface area contributed by atoms with E-state index in [0.29, 0.717) is 13.1 Å². The van der Waals surface area contributed by atoms with Gasteiger partial charge in [-0.05, 0) is 43.7 Å². The summed E-state index contributed by atoms with van der Waals surface area (Å²) in [6, 6.07) is 12.9. The minimum absolute atomic E-state index is 0.0966. The maximum atomic E-state index is 13.3. The molecule has 1 amide bonds. The molecule has 0 spiro atoms. The van der Waals surface area contributed by atoms with Crippen LogP contribution in [0.4, 0.5) is 4.39 Å². The van der Waals surface area contributed by atoms with Crippen LogP contribution in [0.3, 0.4) is 0 Å². The Morgan fingerprint density at radius 1 is 1.10 bits per heavy atom. The second-order valence-corrected chi connectivity index (χ2v) is 9.19. The van der Waals surface area contributed by atoms with Gasteiger partial charge in [0.05, 0.1) is 11.4 Å². The molecule has 6 nitrogen and oxygen atoms in total. The molecule has 0 aromatic heterocycles. The summed E-state index contributed by atoms with van der Waals surface area (Å²) in [4.78, 5) is 14.4. The van der Waals surface area contributed by atoms with Crippen molar-refractivity contribution < 1.29 is 17.6 Å². The van der Waals surface area contributed by atoms with E-state index in [2.05, 4.69) is 5.32 Å². The van der Waals surface area contributed by atoms with E-state index >= 15 is 0 Å². The van der Waals surface area contributed by atoms with Gasteiger partial charge in [0.25, 0.3) is 0 Å². The number of nitrogens with zero attached hydrogens (tertiary/aromatic N) is 2. The topological polar surface area (TPSA) is 69.7 Å². The number of carbonyl (C=O) groups is 1. The summed E-state index contributed by atoms with van der Waals surface area (Å²) in [5, 5.41) is 3.11. The van der Waals surface area contributed by atoms with E-state index in [1.165, 1.54) is 16.4 Å². The highest BCUT2D eigenvalue weighted by Gasteiger charge is 2.30. The molecule has 1 saturated heterocycles. The molecule has 8 heteroatoms. The minimum atomic E-state index is -3.55. The molecule has 1 fully saturated rings. The predicted molar refractivity (Wildman–Crippen MR) is 109 cm³/mol. The zero-order chi connectivity index (χ0) is 21.0. The fraction of sp³-hybridized carbons (Fsp3) is 0.381. The van der Waals surface area contributed by atoms with Crippen LogP contribution in [0.25, 0.3) is 0 Å². The number of piperazine rings is 1. The van der Waals surface area contributed by atoms with Crippen molar-refractivity contribution in [3.05, 3.63) is 65.5 Å². The average molecular weight is 420 g/mol. The van der Waals surface area contributed by atoms with Crippen molar-refractivity contribution in [3.63, 3.8) is 0 Å². The zero-order valence-electron chi connectivity index (χ0n) is 16.6. The van der Waals surface area contributed by atoms with Gasteiger partial charge in [-0.15, -0.1) is 0 Å². The number of aryl methyl sites for hydroxylation is 1. The largest absolute Gasteiger partial charge is 0.339 e. The molecule has 1 N–H and O–H groups in total. The van der Waals surface area contributed by atoms with Crippen LogP contribution in [-0.4, -0.2) is 56.3 Å². The Morgan fingerprint density at radius 2 is 1.76 bits per heavy atom. The van der Waals surface area contributed by atoms with Crippen LogP contribution in [-0.2, 0) is 14.8 Å². The second-order valence-electron chi connectivity index (χ2n) is 7.26. The first-order valence-electron chi connectivity index (χ1n) is 9.61. The van der Waals surface area contributed by atoms with Crippen molar-refractivity contribution in [3.8, 4) is 0 Å². The summed E-state index contributed by atoms with van der Waals surface area (Å²) in [5.74, 6) is -0.408. The van der Waals surface area contributed by atoms with Crippen LogP contribution in [0.5, 0.6) is 0 Å². The number of amides is 1. The summed E-state index contributed by atoms with van der Waals surface area (Å²) in [5.41, 5.74) is 1.77. The summed E-state index contributed by atoms with van der Waals surface area (Å²) >= 11 is 0. The molecular weight excluding hydrogens is 393 g/mol. The van der Waals surface area contributed by atoms with Crippen LogP contribution in [0, 0.1) is 12.7 Å². The van der Waals surface area contributed by atoms with E-state index in [0.717, 1.165) is 11.1 Å². The fourth-order valence-corrected chi connectivity index (χ4v) is 4.71. The van der Waals surface area contributed by atoms with Gasteiger partial charge in [-0.25, -0.2) is 12.8 Å². The lowest BCUT2D eigenvalue weighted by molar-refractivity contribution is -0.131. The molecule has 3 rings (SSSR count). The average Bonchev–Trinajstić information content (AvgIpc) is 2.72. The molecule has 1 heterocycles. The molecule has 2 aromatic carbocycles. The van der Waals surface area contributed by atoms with Gasteiger partial charge in [0.15, 0.2) is 0 Å². The first-order chi connectivity index (χ1) is 13.8. The van der Waals surface area contributed by atoms with Gasteiger partial charge in [-0.3, -0.25) is 4.79 Å². The van der Waals surface area contributed by atoms with E-state index in [-0.39, 0.29) is 42.3 Å². The third-order valence-electron chi connectivity index (χ3n) is 5.16. The molecule has 0 unspecified atom stereocenters. The highest BCUT2D eigenvalue weighted by molar-refractivity contribution is 7.89. The van der Waals surface area contributed by atoms with Gasteiger partial charge in [-0.1, -0.05) is 29.8 Å². The Bertz CT molecular complexity index is 955. The van der Waals surface area contributed by atoms with Gasteiger partial charge in [-0.2, -0.15) is 4.31 Å². The number of halogens is 1. The summed E-state index contributed by atoms with van der Waals surface area (Å²) in [6.45, 7) is 5.11. The van der Waals surface area contributed by atoms with Crippen LogP contribution in [0.1, 0.15) is 24.1 Å². The van der Waals surface area contributed by atoms with E-state index in [9.17, 15) is 17.6 Å². The van der Waals surface area contributed by atoms with Crippen molar-refractivity contribution in [1.29, 1.82) is 0 Å². The SMILES string of the molecule is Cc1ccc(S(=O)(=O)N2CCN(C(=O)CN[C@@H](C)c3cccc(F)c3)CC2)cc1. The third kappa shape index (κ3) is 5.20. The zero-order valence-corrected chi connectivity index (χ0v) is 17.5. The van der Waals surface area contributed by atoms with E-state index < -0.39 is 10.0 Å². The normalized spacial score (nSPS) is 16.6. The van der Waals surface area contributed by atoms with Gasteiger partial charge in [0.1, 0.15) is 5.82 Å². The number of nitrogens with one attached hydrogen (secondary N) is 1. The molecule has 1 aliphatic heterocycles. The number of sulfonamides is 1. The predicted octanol–water partition coefficient (Wildman–Crippen LogP) is 2.32. The standard InChI is InChI=1S/C21H26FN3O3S/c1-16-6-8-20(9-7-16)29(27,28)25-12-10-24(11-13-25)21(26)15-23-17(2)18-4-3-5-19(22)14-18/h3-9,14,17,23H,10-13,15H2,1-2H3/t17-/m0/s1. The van der Waals surface area contributed by atoms with Gasteiger partial charge in [0, 0.05) is 32.2 Å². The van der Waals surface area contributed by atoms with Crippen LogP contribution in [0.15, 0.2) is 53.4 Å². The van der Waals surface area contributed by atoms with Crippen molar-refractivity contribution in [2.24, 2.45) is 0 Å². The first kappa shape index (κ1) is 21.4. The van der Waals surface area contributed by atoms with Gasteiger partial charge < -0.3 is 10.2 Å². The van der Waals surface area contributed by atoms with Gasteiger partial charge in [0.2, 0.25) is 15.9 Å². The highest BCUT2D eigenvalue weighted by Crippen LogP contribution is 2.18. The quantitative estimate of drug-likeness (QED) is 0.780. The highest BCUT2D eigenvalue weighted by atomic mass is 32.2. The molecule has 0 radical (unpaired) electrons. The molecule has 156 valence electrons. The van der Waals surface area contributed by atoms with Crippen molar-refractivity contribution in [2.75, 3.05) is 32.7 Å². The van der Waals surface area contributed by atoms with Crippen molar-refractivity contribution >= 4 is 15.9 Å². The number of hydrogen-bond acceptors (Lipinski definition) is 4. The summed E-state index contributed by atoms with van der Waals surface area (Å²) in [6.07, 6.45) is 0. The van der Waals surface area contributed by atoms with E-state index in [4.69, 9.17) is 0 Å². The Kier molecular flexibility index (Phi) is 6.66. The number of benzene rings is 2. The Morgan fingerprint density at radius 3 is 2.38 bits per heavy atom. The molecule has 0 aliphatic carbocycles. The van der Waals surface area contributed by atoms with Gasteiger partial charge >= 0.3 is 0 Å². The van der Waals surface area contributed by atoms with Crippen molar-refractivity contribution in [1.82, 2.24) is 14.5 Å². The molecule has 2 aromatic rings.